The zero-order valence-corrected chi connectivity index (χ0v) is 9.62. The molecule has 2 fully saturated rings. The Morgan fingerprint density at radius 1 is 1.35 bits per heavy atom. The van der Waals surface area contributed by atoms with Gasteiger partial charge in [0, 0.05) is 25.2 Å². The number of hydrogen-bond donors (Lipinski definition) is 1. The van der Waals surface area contributed by atoms with Crippen LogP contribution in [0.5, 0.6) is 0 Å². The van der Waals surface area contributed by atoms with E-state index in [0.717, 1.165) is 19.5 Å². The predicted octanol–water partition coefficient (Wildman–Crippen LogP) is -0.974. The number of hydrogen-bond acceptors (Lipinski definition) is 5. The lowest BCUT2D eigenvalue weighted by molar-refractivity contribution is -0.132. The van der Waals surface area contributed by atoms with E-state index >= 15 is 0 Å². The number of carbonyl (C=O) groups is 1. The van der Waals surface area contributed by atoms with E-state index in [-0.39, 0.29) is 12.5 Å². The Morgan fingerprint density at radius 2 is 2.24 bits per heavy atom. The summed E-state index contributed by atoms with van der Waals surface area (Å²) >= 11 is 0. The largest absolute Gasteiger partial charge is 0.339 e. The summed E-state index contributed by atoms with van der Waals surface area (Å²) in [6.45, 7) is 1.90. The fourth-order valence-electron chi connectivity index (χ4n) is 2.66. The van der Waals surface area contributed by atoms with Crippen molar-refractivity contribution in [2.45, 2.75) is 37.9 Å². The van der Waals surface area contributed by atoms with Crippen LogP contribution in [0.15, 0.2) is 6.33 Å². The molecule has 0 spiro atoms. The minimum absolute atomic E-state index is 0.103. The van der Waals surface area contributed by atoms with Gasteiger partial charge in [0.1, 0.15) is 12.9 Å². The second kappa shape index (κ2) is 4.40. The number of carbonyl (C=O) groups excluding carboxylic acids is 1. The first-order valence-electron chi connectivity index (χ1n) is 6.06. The molecule has 2 saturated heterocycles. The van der Waals surface area contributed by atoms with E-state index in [9.17, 15) is 4.79 Å². The van der Waals surface area contributed by atoms with Gasteiger partial charge in [0.15, 0.2) is 0 Å². The molecule has 3 rings (SSSR count). The number of tetrazole rings is 1. The zero-order valence-electron chi connectivity index (χ0n) is 9.62. The van der Waals surface area contributed by atoms with Crippen LogP contribution >= 0.6 is 0 Å². The molecule has 3 heterocycles. The van der Waals surface area contributed by atoms with E-state index in [0.29, 0.717) is 12.1 Å². The molecule has 1 amide bonds. The Labute approximate surface area is 99.2 Å². The molecule has 0 aliphatic carbocycles. The molecular weight excluding hydrogens is 220 g/mol. The number of fused-ring (bicyclic) bond motifs is 2. The van der Waals surface area contributed by atoms with Gasteiger partial charge >= 0.3 is 0 Å². The van der Waals surface area contributed by atoms with Crippen molar-refractivity contribution in [2.75, 3.05) is 13.1 Å². The van der Waals surface area contributed by atoms with E-state index in [4.69, 9.17) is 0 Å². The SMILES string of the molecule is O=C(Cn1cnnn1)N1CCC2CCC(C1)N2. The lowest BCUT2D eigenvalue weighted by Gasteiger charge is -2.24. The van der Waals surface area contributed by atoms with Crippen molar-refractivity contribution in [2.24, 2.45) is 0 Å². The average molecular weight is 236 g/mol. The molecule has 2 bridgehead atoms. The van der Waals surface area contributed by atoms with Gasteiger partial charge in [-0.05, 0) is 29.7 Å². The summed E-state index contributed by atoms with van der Waals surface area (Å²) in [5.74, 6) is 0.103. The standard InChI is InChI=1S/C10H16N6O/c17-10(6-16-7-11-13-14-16)15-4-3-8-1-2-9(5-15)12-8/h7-9,12H,1-6H2. The van der Waals surface area contributed by atoms with E-state index < -0.39 is 0 Å². The molecule has 7 nitrogen and oxygen atoms in total. The third kappa shape index (κ3) is 2.28. The molecule has 7 heteroatoms. The molecule has 0 radical (unpaired) electrons. The summed E-state index contributed by atoms with van der Waals surface area (Å²) in [5, 5.41) is 14.3. The first-order chi connectivity index (χ1) is 8.31. The van der Waals surface area contributed by atoms with Crippen LogP contribution in [0, 0.1) is 0 Å². The Kier molecular flexibility index (Phi) is 2.76. The van der Waals surface area contributed by atoms with Crippen molar-refractivity contribution in [1.29, 1.82) is 0 Å². The molecule has 92 valence electrons. The van der Waals surface area contributed by atoms with Gasteiger partial charge in [-0.25, -0.2) is 4.68 Å². The normalized spacial score (nSPS) is 28.1. The Bertz CT molecular complexity index is 392. The van der Waals surface area contributed by atoms with Gasteiger partial charge in [0.25, 0.3) is 0 Å². The summed E-state index contributed by atoms with van der Waals surface area (Å²) in [4.78, 5) is 14.0. The van der Waals surface area contributed by atoms with E-state index in [1.807, 2.05) is 4.90 Å². The van der Waals surface area contributed by atoms with Gasteiger partial charge in [-0.15, -0.1) is 5.10 Å². The number of nitrogens with zero attached hydrogens (tertiary/aromatic N) is 5. The third-order valence-corrected chi connectivity index (χ3v) is 3.56. The van der Waals surface area contributed by atoms with Crippen molar-refractivity contribution in [3.8, 4) is 0 Å². The zero-order chi connectivity index (χ0) is 11.7. The maximum absolute atomic E-state index is 12.1. The van der Waals surface area contributed by atoms with Crippen LogP contribution in [0.4, 0.5) is 0 Å². The fraction of sp³-hybridized carbons (Fsp3) is 0.800. The molecule has 2 aliphatic rings. The molecular formula is C10H16N6O. The number of likely N-dealkylation sites (tertiary alicyclic amines) is 1. The van der Waals surface area contributed by atoms with Gasteiger partial charge in [0.2, 0.25) is 5.91 Å². The smallest absolute Gasteiger partial charge is 0.244 e. The average Bonchev–Trinajstić information content (AvgIpc) is 2.88. The summed E-state index contributed by atoms with van der Waals surface area (Å²) in [5.41, 5.74) is 0. The highest BCUT2D eigenvalue weighted by Crippen LogP contribution is 2.20. The maximum Gasteiger partial charge on any atom is 0.244 e. The van der Waals surface area contributed by atoms with E-state index in [1.54, 1.807) is 0 Å². The predicted molar refractivity (Wildman–Crippen MR) is 59.0 cm³/mol. The molecule has 2 atom stereocenters. The van der Waals surface area contributed by atoms with Crippen LogP contribution in [0.25, 0.3) is 0 Å². The summed E-state index contributed by atoms with van der Waals surface area (Å²) in [7, 11) is 0. The highest BCUT2D eigenvalue weighted by molar-refractivity contribution is 5.76. The molecule has 1 aromatic rings. The van der Waals surface area contributed by atoms with Gasteiger partial charge < -0.3 is 10.2 Å². The van der Waals surface area contributed by atoms with Crippen LogP contribution in [-0.4, -0.2) is 56.2 Å². The molecule has 1 N–H and O–H groups in total. The number of nitrogens with one attached hydrogen (secondary N) is 1. The monoisotopic (exact) mass is 236 g/mol. The Morgan fingerprint density at radius 3 is 3.06 bits per heavy atom. The van der Waals surface area contributed by atoms with Gasteiger partial charge in [-0.1, -0.05) is 0 Å². The van der Waals surface area contributed by atoms with Crippen LogP contribution in [-0.2, 0) is 11.3 Å². The van der Waals surface area contributed by atoms with E-state index in [2.05, 4.69) is 20.8 Å². The van der Waals surface area contributed by atoms with E-state index in [1.165, 1.54) is 23.9 Å². The molecule has 2 aliphatic heterocycles. The molecule has 17 heavy (non-hydrogen) atoms. The topological polar surface area (TPSA) is 75.9 Å². The lowest BCUT2D eigenvalue weighted by atomic mass is 10.1. The molecule has 2 unspecified atom stereocenters. The Hall–Kier alpha value is -1.50. The van der Waals surface area contributed by atoms with Crippen molar-refractivity contribution in [3.05, 3.63) is 6.33 Å². The molecule has 0 aromatic carbocycles. The number of rotatable bonds is 2. The van der Waals surface area contributed by atoms with Crippen LogP contribution in [0.1, 0.15) is 19.3 Å². The first kappa shape index (κ1) is 10.6. The van der Waals surface area contributed by atoms with Crippen LogP contribution in [0.3, 0.4) is 0 Å². The summed E-state index contributed by atoms with van der Waals surface area (Å²) in [6.07, 6.45) is 4.96. The Balaban J connectivity index is 1.62. The fourth-order valence-corrected chi connectivity index (χ4v) is 2.66. The van der Waals surface area contributed by atoms with Crippen LogP contribution < -0.4 is 5.32 Å². The van der Waals surface area contributed by atoms with Crippen molar-refractivity contribution in [3.63, 3.8) is 0 Å². The lowest BCUT2D eigenvalue weighted by Crippen LogP contribution is -2.40. The first-order valence-corrected chi connectivity index (χ1v) is 6.06. The van der Waals surface area contributed by atoms with Gasteiger partial charge in [0.05, 0.1) is 0 Å². The highest BCUT2D eigenvalue weighted by atomic mass is 16.2. The summed E-state index contributed by atoms with van der Waals surface area (Å²) < 4.78 is 1.47. The molecule has 1 aromatic heterocycles. The van der Waals surface area contributed by atoms with Crippen molar-refractivity contribution < 1.29 is 4.79 Å². The molecule has 0 saturated carbocycles. The maximum atomic E-state index is 12.1. The number of amides is 1. The highest BCUT2D eigenvalue weighted by Gasteiger charge is 2.31. The third-order valence-electron chi connectivity index (χ3n) is 3.56. The quantitative estimate of drug-likeness (QED) is 0.714. The van der Waals surface area contributed by atoms with Crippen molar-refractivity contribution in [1.82, 2.24) is 30.4 Å². The minimum atomic E-state index is 0.103. The number of aromatic nitrogens is 4. The van der Waals surface area contributed by atoms with Crippen molar-refractivity contribution >= 4 is 5.91 Å². The summed E-state index contributed by atoms with van der Waals surface area (Å²) in [6, 6.07) is 1.08. The van der Waals surface area contributed by atoms with Gasteiger partial charge in [-0.2, -0.15) is 0 Å². The van der Waals surface area contributed by atoms with Gasteiger partial charge in [-0.3, -0.25) is 4.79 Å². The minimum Gasteiger partial charge on any atom is -0.339 e. The second-order valence-electron chi connectivity index (χ2n) is 4.77. The van der Waals surface area contributed by atoms with Crippen LogP contribution in [0.2, 0.25) is 0 Å². The second-order valence-corrected chi connectivity index (χ2v) is 4.77.